The molecular formula is C18H16F3NO5S. The highest BCUT2D eigenvalue weighted by molar-refractivity contribution is 7.90. The number of carbonyl (C=O) groups excluding carboxylic acids is 2. The average molecular weight is 415 g/mol. The summed E-state index contributed by atoms with van der Waals surface area (Å²) in [6, 6.07) is 6.19. The van der Waals surface area contributed by atoms with Crippen LogP contribution in [0.5, 0.6) is 0 Å². The minimum Gasteiger partial charge on any atom is -0.465 e. The minimum absolute atomic E-state index is 0.0666. The Morgan fingerprint density at radius 3 is 2.21 bits per heavy atom. The number of amides is 1. The SMILES string of the molecule is COC(=O)c1cc(NC(=O)c2ccc(C)c(S(C)(=O)=O)c2)cc(C(F)(F)F)c1. The zero-order valence-electron chi connectivity index (χ0n) is 15.0. The number of carbonyl (C=O) groups is 2. The van der Waals surface area contributed by atoms with E-state index >= 15 is 0 Å². The van der Waals surface area contributed by atoms with Gasteiger partial charge in [0.25, 0.3) is 5.91 Å². The zero-order chi connectivity index (χ0) is 21.3. The molecule has 2 rings (SSSR count). The van der Waals surface area contributed by atoms with E-state index in [0.717, 1.165) is 25.5 Å². The molecular weight excluding hydrogens is 399 g/mol. The number of halogens is 3. The second-order valence-corrected chi connectivity index (χ2v) is 7.98. The van der Waals surface area contributed by atoms with Crippen molar-refractivity contribution in [1.29, 1.82) is 0 Å². The van der Waals surface area contributed by atoms with Crippen LogP contribution in [0.25, 0.3) is 0 Å². The van der Waals surface area contributed by atoms with E-state index in [-0.39, 0.29) is 16.1 Å². The Labute approximate surface area is 159 Å². The molecule has 0 heterocycles. The minimum atomic E-state index is -4.75. The number of nitrogens with one attached hydrogen (secondary N) is 1. The van der Waals surface area contributed by atoms with Gasteiger partial charge in [-0.1, -0.05) is 6.07 Å². The second-order valence-electron chi connectivity index (χ2n) is 5.99. The lowest BCUT2D eigenvalue weighted by Crippen LogP contribution is -2.16. The lowest BCUT2D eigenvalue weighted by Gasteiger charge is -2.13. The summed E-state index contributed by atoms with van der Waals surface area (Å²) in [5.41, 5.74) is -1.48. The summed E-state index contributed by atoms with van der Waals surface area (Å²) in [5, 5.41) is 2.25. The van der Waals surface area contributed by atoms with E-state index in [0.29, 0.717) is 17.7 Å². The molecule has 0 aliphatic heterocycles. The van der Waals surface area contributed by atoms with Crippen molar-refractivity contribution < 1.29 is 35.9 Å². The van der Waals surface area contributed by atoms with E-state index in [4.69, 9.17) is 0 Å². The number of aryl methyl sites for hydroxylation is 1. The molecule has 0 unspecified atom stereocenters. The Balaban J connectivity index is 2.45. The molecule has 2 aromatic rings. The molecule has 0 atom stereocenters. The smallest absolute Gasteiger partial charge is 0.416 e. The molecule has 0 aliphatic carbocycles. The van der Waals surface area contributed by atoms with Crippen molar-refractivity contribution in [2.75, 3.05) is 18.7 Å². The lowest BCUT2D eigenvalue weighted by molar-refractivity contribution is -0.137. The Bertz CT molecular complexity index is 1050. The van der Waals surface area contributed by atoms with Crippen LogP contribution in [0.2, 0.25) is 0 Å². The monoisotopic (exact) mass is 415 g/mol. The van der Waals surface area contributed by atoms with Gasteiger partial charge in [-0.25, -0.2) is 13.2 Å². The van der Waals surface area contributed by atoms with Gasteiger partial charge in [-0.3, -0.25) is 4.79 Å². The third kappa shape index (κ3) is 4.89. The van der Waals surface area contributed by atoms with Crippen LogP contribution in [0.15, 0.2) is 41.3 Å². The Kier molecular flexibility index (Phi) is 5.83. The third-order valence-electron chi connectivity index (χ3n) is 3.79. The fourth-order valence-electron chi connectivity index (χ4n) is 2.44. The average Bonchev–Trinajstić information content (AvgIpc) is 2.59. The molecule has 0 radical (unpaired) electrons. The van der Waals surface area contributed by atoms with Crippen molar-refractivity contribution >= 4 is 27.4 Å². The maximum absolute atomic E-state index is 13.1. The van der Waals surface area contributed by atoms with Gasteiger partial charge in [-0.05, 0) is 42.8 Å². The van der Waals surface area contributed by atoms with Crippen molar-refractivity contribution in [3.05, 3.63) is 58.7 Å². The maximum atomic E-state index is 13.1. The number of alkyl halides is 3. The number of anilines is 1. The van der Waals surface area contributed by atoms with Gasteiger partial charge in [-0.2, -0.15) is 13.2 Å². The van der Waals surface area contributed by atoms with Gasteiger partial charge in [0.2, 0.25) is 0 Å². The molecule has 0 saturated heterocycles. The Morgan fingerprint density at radius 1 is 1.04 bits per heavy atom. The first-order valence-corrected chi connectivity index (χ1v) is 9.64. The first kappa shape index (κ1) is 21.4. The van der Waals surface area contributed by atoms with E-state index in [2.05, 4.69) is 10.1 Å². The van der Waals surface area contributed by atoms with Gasteiger partial charge in [0.1, 0.15) is 0 Å². The fraction of sp³-hybridized carbons (Fsp3) is 0.222. The summed E-state index contributed by atoms with van der Waals surface area (Å²) in [6.07, 6.45) is -3.77. The summed E-state index contributed by atoms with van der Waals surface area (Å²) in [5.74, 6) is -1.84. The molecule has 0 bridgehead atoms. The molecule has 0 aromatic heterocycles. The van der Waals surface area contributed by atoms with Crippen molar-refractivity contribution in [3.8, 4) is 0 Å². The molecule has 0 aliphatic rings. The van der Waals surface area contributed by atoms with Crippen LogP contribution in [0, 0.1) is 6.92 Å². The predicted molar refractivity (Wildman–Crippen MR) is 95.0 cm³/mol. The third-order valence-corrected chi connectivity index (χ3v) is 5.03. The zero-order valence-corrected chi connectivity index (χ0v) is 15.9. The summed E-state index contributed by atoms with van der Waals surface area (Å²) in [6.45, 7) is 1.55. The number of esters is 1. The Morgan fingerprint density at radius 2 is 1.68 bits per heavy atom. The molecule has 0 spiro atoms. The highest BCUT2D eigenvalue weighted by Crippen LogP contribution is 2.32. The number of rotatable bonds is 4. The molecule has 0 saturated carbocycles. The number of sulfone groups is 1. The van der Waals surface area contributed by atoms with Gasteiger partial charge >= 0.3 is 12.1 Å². The number of methoxy groups -OCH3 is 1. The highest BCUT2D eigenvalue weighted by atomic mass is 32.2. The number of hydrogen-bond donors (Lipinski definition) is 1. The maximum Gasteiger partial charge on any atom is 0.416 e. The molecule has 0 fully saturated rings. The van der Waals surface area contributed by atoms with E-state index in [1.165, 1.54) is 12.1 Å². The summed E-state index contributed by atoms with van der Waals surface area (Å²) < 4.78 is 67.2. The van der Waals surface area contributed by atoms with Crippen LogP contribution in [0.1, 0.15) is 31.8 Å². The Hall–Kier alpha value is -2.88. The fourth-order valence-corrected chi connectivity index (χ4v) is 3.44. The molecule has 1 amide bonds. The predicted octanol–water partition coefficient (Wildman–Crippen LogP) is 3.46. The van der Waals surface area contributed by atoms with Gasteiger partial charge < -0.3 is 10.1 Å². The summed E-state index contributed by atoms with van der Waals surface area (Å²) in [7, 11) is -2.59. The van der Waals surface area contributed by atoms with E-state index < -0.39 is 39.0 Å². The molecule has 28 heavy (non-hydrogen) atoms. The largest absolute Gasteiger partial charge is 0.465 e. The topological polar surface area (TPSA) is 89.5 Å². The quantitative estimate of drug-likeness (QED) is 0.773. The van der Waals surface area contributed by atoms with Crippen LogP contribution in [0.3, 0.4) is 0 Å². The van der Waals surface area contributed by atoms with Crippen LogP contribution < -0.4 is 5.32 Å². The summed E-state index contributed by atoms with van der Waals surface area (Å²) >= 11 is 0. The molecule has 150 valence electrons. The van der Waals surface area contributed by atoms with E-state index in [9.17, 15) is 31.2 Å². The van der Waals surface area contributed by atoms with Crippen molar-refractivity contribution in [2.45, 2.75) is 18.0 Å². The second kappa shape index (κ2) is 7.63. The van der Waals surface area contributed by atoms with Crippen molar-refractivity contribution in [2.24, 2.45) is 0 Å². The van der Waals surface area contributed by atoms with Crippen LogP contribution in [-0.2, 0) is 20.8 Å². The van der Waals surface area contributed by atoms with Crippen molar-refractivity contribution in [1.82, 2.24) is 0 Å². The lowest BCUT2D eigenvalue weighted by atomic mass is 10.1. The van der Waals surface area contributed by atoms with Crippen molar-refractivity contribution in [3.63, 3.8) is 0 Å². The molecule has 1 N–H and O–H groups in total. The summed E-state index contributed by atoms with van der Waals surface area (Å²) in [4.78, 5) is 24.0. The van der Waals surface area contributed by atoms with Gasteiger partial charge in [0.05, 0.1) is 23.1 Å². The molecule has 2 aromatic carbocycles. The normalized spacial score (nSPS) is 11.8. The standard InChI is InChI=1S/C18H16F3NO5S/c1-10-4-5-11(8-15(10)28(3,25)26)16(23)22-14-7-12(17(24)27-2)6-13(9-14)18(19,20)21/h4-9H,1-3H3,(H,22,23). The first-order valence-electron chi connectivity index (χ1n) is 7.75. The number of benzene rings is 2. The van der Waals surface area contributed by atoms with Gasteiger partial charge in [0.15, 0.2) is 9.84 Å². The van der Waals surface area contributed by atoms with Crippen LogP contribution >= 0.6 is 0 Å². The highest BCUT2D eigenvalue weighted by Gasteiger charge is 2.32. The number of ether oxygens (including phenoxy) is 1. The van der Waals surface area contributed by atoms with Gasteiger partial charge in [-0.15, -0.1) is 0 Å². The van der Waals surface area contributed by atoms with Crippen LogP contribution in [0.4, 0.5) is 18.9 Å². The van der Waals surface area contributed by atoms with E-state index in [1.807, 2.05) is 0 Å². The molecule has 6 nitrogen and oxygen atoms in total. The molecule has 10 heteroatoms. The van der Waals surface area contributed by atoms with Gasteiger partial charge in [0, 0.05) is 17.5 Å². The number of hydrogen-bond acceptors (Lipinski definition) is 5. The van der Waals surface area contributed by atoms with Crippen LogP contribution in [-0.4, -0.2) is 33.7 Å². The van der Waals surface area contributed by atoms with E-state index in [1.54, 1.807) is 6.92 Å². The first-order chi connectivity index (χ1) is 12.8.